The molecule has 9 aromatic rings. The van der Waals surface area contributed by atoms with E-state index in [1.807, 2.05) is 117 Å². The molecule has 93 heavy (non-hydrogen) atoms. The Kier molecular flexibility index (Phi) is 16.4. The van der Waals surface area contributed by atoms with Gasteiger partial charge in [0.25, 0.3) is 17.7 Å². The number of aromatic nitrogens is 9. The van der Waals surface area contributed by atoms with Gasteiger partial charge in [0, 0.05) is 80.6 Å². The zero-order chi connectivity index (χ0) is 65.8. The molecule has 0 radical (unpaired) electrons. The molecule has 0 atom stereocenters. The number of nitrogens with zero attached hydrogens (tertiary/aromatic N) is 13. The number of nitrogens with one attached hydrogen (secondary N) is 2. The fourth-order valence-electron chi connectivity index (χ4n) is 11.5. The smallest absolute Gasteiger partial charge is 0.272 e. The molecule has 6 aromatic heterocycles. The van der Waals surface area contributed by atoms with Crippen LogP contribution in [0.15, 0.2) is 146 Å². The standard InChI is InChI=1S/C25H25N5O2.C24H23N5O2.C23H23N5O2/c1-15-26-13-18(14-27-15)17-9-10-19-21(11-17)30(24(32)25(19,2)3)22-6-4-5-20(29-22)23(31)28-12-16-7-8-16;1-14-25-12-16(13-26-14)15-7-10-18-20(11-15)29(23(31)24(18,2)3)21-6-4-5-19(28-21)22(30)27-17-8-9-17;1-14-24-12-16(13-25-14)15-9-10-17-19(11-15)28(22(30)23(17,2)3)20-8-6-7-18(26-20)21(29)27(4)5/h4-6,9-11,13-14,16H,7-8,12H2,1-3H3,(H,28,31);4-7,10-13,17H,8-9H2,1-3H3,(H,27,30);6-13H,1-5H3. The van der Waals surface area contributed by atoms with Gasteiger partial charge >= 0.3 is 0 Å². The Hall–Kier alpha value is -10.8. The summed E-state index contributed by atoms with van der Waals surface area (Å²) in [7, 11) is 3.35. The second-order valence-electron chi connectivity index (χ2n) is 25.8. The van der Waals surface area contributed by atoms with Gasteiger partial charge in [-0.05, 0) is 182 Å². The summed E-state index contributed by atoms with van der Waals surface area (Å²) >= 11 is 0. The number of pyridine rings is 3. The van der Waals surface area contributed by atoms with Crippen molar-refractivity contribution in [3.05, 3.63) is 198 Å². The minimum absolute atomic E-state index is 0.0761. The summed E-state index contributed by atoms with van der Waals surface area (Å²) in [5.74, 6) is 3.13. The third-order valence-electron chi connectivity index (χ3n) is 17.4. The minimum atomic E-state index is -0.707. The topological polar surface area (TPSA) is 255 Å². The van der Waals surface area contributed by atoms with Crippen LogP contribution in [0.4, 0.5) is 34.5 Å². The molecule has 14 rings (SSSR count). The third-order valence-corrected chi connectivity index (χ3v) is 17.4. The van der Waals surface area contributed by atoms with Crippen LogP contribution in [0.2, 0.25) is 0 Å². The number of amides is 6. The van der Waals surface area contributed by atoms with Crippen molar-refractivity contribution in [3.8, 4) is 33.4 Å². The molecule has 0 saturated heterocycles. The van der Waals surface area contributed by atoms with Crippen LogP contribution in [-0.4, -0.2) is 112 Å². The number of hydrogen-bond acceptors (Lipinski definition) is 15. The molecule has 9 heterocycles. The molecule has 3 aliphatic heterocycles. The van der Waals surface area contributed by atoms with Gasteiger partial charge in [-0.2, -0.15) is 0 Å². The van der Waals surface area contributed by atoms with Crippen molar-refractivity contribution in [2.45, 2.75) is 110 Å². The van der Waals surface area contributed by atoms with E-state index in [9.17, 15) is 28.8 Å². The van der Waals surface area contributed by atoms with E-state index in [-0.39, 0.29) is 41.5 Å². The SMILES string of the molecule is Cc1ncc(-c2ccc3c(c2)N(c2cccc(C(=O)N(C)C)n2)C(=O)C3(C)C)cn1.Cc1ncc(-c2ccc3c(c2)N(c2cccc(C(=O)NC4CC4)n2)C(=O)C3(C)C)cn1.Cc1ncc(-c2ccc3c(c2)N(c2cccc(C(=O)NCC4CC4)n2)C(=O)C3(C)C)cn1. The lowest BCUT2D eigenvalue weighted by Crippen LogP contribution is -2.34. The molecule has 2 N–H and O–H groups in total. The molecule has 5 aliphatic rings. The maximum absolute atomic E-state index is 13.4. The second-order valence-corrected chi connectivity index (χ2v) is 25.8. The third kappa shape index (κ3) is 12.3. The Balaban J connectivity index is 0.000000134. The Bertz CT molecular complexity index is 4470. The lowest BCUT2D eigenvalue weighted by atomic mass is 9.85. The van der Waals surface area contributed by atoms with Gasteiger partial charge in [-0.1, -0.05) is 54.6 Å². The van der Waals surface area contributed by atoms with E-state index < -0.39 is 16.2 Å². The summed E-state index contributed by atoms with van der Waals surface area (Å²) in [5.41, 5.74) is 9.18. The quantitative estimate of drug-likeness (QED) is 0.115. The Morgan fingerprint density at radius 2 is 0.785 bits per heavy atom. The van der Waals surface area contributed by atoms with Crippen molar-refractivity contribution in [3.63, 3.8) is 0 Å². The predicted molar refractivity (Wildman–Crippen MR) is 353 cm³/mol. The van der Waals surface area contributed by atoms with Gasteiger partial charge in [0.05, 0.1) is 33.3 Å². The van der Waals surface area contributed by atoms with Gasteiger partial charge in [0.1, 0.15) is 52.0 Å². The van der Waals surface area contributed by atoms with E-state index in [1.54, 1.807) is 121 Å². The molecular formula is C72H71N15O6. The first-order chi connectivity index (χ1) is 44.4. The van der Waals surface area contributed by atoms with Gasteiger partial charge in [-0.3, -0.25) is 43.5 Å². The molecule has 470 valence electrons. The van der Waals surface area contributed by atoms with Gasteiger partial charge < -0.3 is 15.5 Å². The molecule has 0 spiro atoms. The van der Waals surface area contributed by atoms with Crippen LogP contribution in [0.25, 0.3) is 33.4 Å². The molecule has 3 aromatic carbocycles. The zero-order valence-corrected chi connectivity index (χ0v) is 53.8. The first kappa shape index (κ1) is 62.4. The number of carbonyl (C=O) groups is 6. The second kappa shape index (κ2) is 24.4. The highest BCUT2D eigenvalue weighted by atomic mass is 16.2. The van der Waals surface area contributed by atoms with E-state index in [0.29, 0.717) is 64.5 Å². The summed E-state index contributed by atoms with van der Waals surface area (Å²) in [4.78, 5) is 123. The van der Waals surface area contributed by atoms with Crippen LogP contribution in [0, 0.1) is 26.7 Å². The van der Waals surface area contributed by atoms with Crippen molar-refractivity contribution in [1.82, 2.24) is 60.4 Å². The Labute approximate surface area is 539 Å². The van der Waals surface area contributed by atoms with E-state index in [4.69, 9.17) is 0 Å². The maximum Gasteiger partial charge on any atom is 0.272 e. The number of hydrogen-bond donors (Lipinski definition) is 2. The van der Waals surface area contributed by atoms with Gasteiger partial charge in [-0.25, -0.2) is 44.9 Å². The zero-order valence-electron chi connectivity index (χ0n) is 53.8. The summed E-state index contributed by atoms with van der Waals surface area (Å²) in [6, 6.07) is 33.6. The molecule has 21 nitrogen and oxygen atoms in total. The number of anilines is 6. The first-order valence-electron chi connectivity index (χ1n) is 30.9. The summed E-state index contributed by atoms with van der Waals surface area (Å²) in [6.07, 6.45) is 15.0. The van der Waals surface area contributed by atoms with Crippen molar-refractivity contribution < 1.29 is 28.8 Å². The summed E-state index contributed by atoms with van der Waals surface area (Å²) in [6.45, 7) is 17.6. The van der Waals surface area contributed by atoms with Gasteiger partial charge in [-0.15, -0.1) is 0 Å². The monoisotopic (exact) mass is 1240 g/mol. The summed E-state index contributed by atoms with van der Waals surface area (Å²) in [5, 5.41) is 5.89. The van der Waals surface area contributed by atoms with Crippen molar-refractivity contribution in [1.29, 1.82) is 0 Å². The van der Waals surface area contributed by atoms with Crippen molar-refractivity contribution in [2.24, 2.45) is 5.92 Å². The van der Waals surface area contributed by atoms with Crippen LogP contribution in [0.3, 0.4) is 0 Å². The Morgan fingerprint density at radius 1 is 0.452 bits per heavy atom. The Morgan fingerprint density at radius 3 is 1.12 bits per heavy atom. The molecule has 2 aliphatic carbocycles. The lowest BCUT2D eigenvalue weighted by Gasteiger charge is -2.20. The molecule has 21 heteroatoms. The van der Waals surface area contributed by atoms with Crippen molar-refractivity contribution >= 4 is 70.0 Å². The average Bonchev–Trinajstić information content (AvgIpc) is 1.61. The molecule has 2 fully saturated rings. The van der Waals surface area contributed by atoms with Crippen molar-refractivity contribution in [2.75, 3.05) is 35.3 Å². The normalized spacial score (nSPS) is 16.1. The van der Waals surface area contributed by atoms with Crippen LogP contribution in [0.1, 0.15) is 133 Å². The number of carbonyl (C=O) groups excluding carboxylic acids is 6. The highest BCUT2D eigenvalue weighted by Gasteiger charge is 2.48. The van der Waals surface area contributed by atoms with Crippen LogP contribution >= 0.6 is 0 Å². The van der Waals surface area contributed by atoms with Crippen LogP contribution in [0.5, 0.6) is 0 Å². The van der Waals surface area contributed by atoms with Crippen LogP contribution < -0.4 is 25.3 Å². The van der Waals surface area contributed by atoms with E-state index in [0.717, 1.165) is 92.8 Å². The minimum Gasteiger partial charge on any atom is -0.350 e. The summed E-state index contributed by atoms with van der Waals surface area (Å²) < 4.78 is 0. The van der Waals surface area contributed by atoms with Gasteiger partial charge in [0.2, 0.25) is 17.7 Å². The fourth-order valence-corrected chi connectivity index (χ4v) is 11.5. The van der Waals surface area contributed by atoms with E-state index in [1.165, 1.54) is 4.90 Å². The number of fused-ring (bicyclic) bond motifs is 3. The molecule has 2 saturated carbocycles. The highest BCUT2D eigenvalue weighted by Crippen LogP contribution is 2.49. The lowest BCUT2D eigenvalue weighted by molar-refractivity contribution is -0.122. The fraction of sp³-hybridized carbons (Fsp3) is 0.292. The van der Waals surface area contributed by atoms with E-state index >= 15 is 0 Å². The molecule has 6 amide bonds. The molecule has 0 unspecified atom stereocenters. The highest BCUT2D eigenvalue weighted by molar-refractivity contribution is 6.15. The number of rotatable bonds is 12. The van der Waals surface area contributed by atoms with E-state index in [2.05, 4.69) is 55.5 Å². The number of benzene rings is 3. The largest absolute Gasteiger partial charge is 0.350 e. The average molecular weight is 1240 g/mol. The van der Waals surface area contributed by atoms with Gasteiger partial charge in [0.15, 0.2) is 0 Å². The molecule has 0 bridgehead atoms. The number of aryl methyl sites for hydroxylation is 3. The predicted octanol–water partition coefficient (Wildman–Crippen LogP) is 11.1. The molecular weight excluding hydrogens is 1170 g/mol. The first-order valence-corrected chi connectivity index (χ1v) is 30.9. The maximum atomic E-state index is 13.4. The van der Waals surface area contributed by atoms with Crippen LogP contribution in [-0.2, 0) is 30.6 Å².